The molecular weight excluding hydrogens is 387 g/mol. The van der Waals surface area contributed by atoms with Crippen LogP contribution in [0.5, 0.6) is 0 Å². The second kappa shape index (κ2) is 6.54. The Morgan fingerprint density at radius 2 is 1.55 bits per heavy atom. The normalized spacial score (nSPS) is 11.7. The standard InChI is InChI=1S/C27H20FN2O/c1-17-14-22-20-13-12-18(28)15-25(20)31-26(22)16-21(17)27-29(2)23-10-6-7-11-24(23)30(27)19-8-4-3-5-9-19/h3-16H,1-2H3/q+1. The molecule has 0 atom stereocenters. The summed E-state index contributed by atoms with van der Waals surface area (Å²) in [6, 6.07) is 27.7. The molecule has 31 heavy (non-hydrogen) atoms. The van der Waals surface area contributed by atoms with Gasteiger partial charge in [-0.05, 0) is 61.0 Å². The Bertz CT molecular complexity index is 1610. The average molecular weight is 407 g/mol. The van der Waals surface area contributed by atoms with Crippen molar-refractivity contribution in [2.75, 3.05) is 0 Å². The van der Waals surface area contributed by atoms with Gasteiger partial charge < -0.3 is 4.42 Å². The summed E-state index contributed by atoms with van der Waals surface area (Å²) in [5, 5.41) is 1.93. The van der Waals surface area contributed by atoms with E-state index in [0.29, 0.717) is 5.58 Å². The van der Waals surface area contributed by atoms with Gasteiger partial charge in [-0.25, -0.2) is 8.96 Å². The van der Waals surface area contributed by atoms with Crippen molar-refractivity contribution in [3.63, 3.8) is 0 Å². The third kappa shape index (κ3) is 2.61. The summed E-state index contributed by atoms with van der Waals surface area (Å²) in [6.45, 7) is 2.12. The number of halogens is 1. The van der Waals surface area contributed by atoms with E-state index in [2.05, 4.69) is 83.8 Å². The molecule has 3 nitrogen and oxygen atoms in total. The van der Waals surface area contributed by atoms with Crippen LogP contribution in [0, 0.1) is 12.7 Å². The SMILES string of the molecule is Cc1cc2c(cc1-c1n(-c3ccccc3)c3ccccc3[n+]1C)oc1cc(F)ccc12. The predicted octanol–water partition coefficient (Wildman–Crippen LogP) is 6.47. The van der Waals surface area contributed by atoms with Gasteiger partial charge in [0.1, 0.15) is 22.7 Å². The minimum absolute atomic E-state index is 0.292. The van der Waals surface area contributed by atoms with E-state index in [0.717, 1.165) is 50.0 Å². The highest BCUT2D eigenvalue weighted by molar-refractivity contribution is 6.06. The topological polar surface area (TPSA) is 21.9 Å². The van der Waals surface area contributed by atoms with E-state index in [1.807, 2.05) is 6.07 Å². The van der Waals surface area contributed by atoms with Crippen molar-refractivity contribution in [2.45, 2.75) is 6.92 Å². The average Bonchev–Trinajstić information content (AvgIpc) is 3.28. The first kappa shape index (κ1) is 17.9. The van der Waals surface area contributed by atoms with Gasteiger partial charge in [0.05, 0.1) is 12.6 Å². The lowest BCUT2D eigenvalue weighted by Gasteiger charge is -2.07. The molecule has 6 rings (SSSR count). The highest BCUT2D eigenvalue weighted by atomic mass is 19.1. The number of imidazole rings is 1. The molecule has 0 amide bonds. The molecule has 0 fully saturated rings. The zero-order valence-corrected chi connectivity index (χ0v) is 17.3. The molecular formula is C27H20FN2O+. The molecule has 0 saturated heterocycles. The summed E-state index contributed by atoms with van der Waals surface area (Å²) in [6.07, 6.45) is 0. The molecule has 0 aliphatic rings. The second-order valence-corrected chi connectivity index (χ2v) is 7.95. The molecule has 0 aliphatic carbocycles. The van der Waals surface area contributed by atoms with E-state index in [9.17, 15) is 4.39 Å². The molecule has 0 saturated carbocycles. The number of aryl methyl sites for hydroxylation is 2. The van der Waals surface area contributed by atoms with Crippen molar-refractivity contribution >= 4 is 33.0 Å². The monoisotopic (exact) mass is 407 g/mol. The van der Waals surface area contributed by atoms with Gasteiger partial charge in [0.2, 0.25) is 0 Å². The summed E-state index contributed by atoms with van der Waals surface area (Å²) in [7, 11) is 2.09. The lowest BCUT2D eigenvalue weighted by Crippen LogP contribution is -2.30. The van der Waals surface area contributed by atoms with Crippen LogP contribution in [0.25, 0.3) is 50.0 Å². The quantitative estimate of drug-likeness (QED) is 0.302. The minimum atomic E-state index is -0.292. The Morgan fingerprint density at radius 1 is 0.806 bits per heavy atom. The summed E-state index contributed by atoms with van der Waals surface area (Å²) in [5.41, 5.74) is 6.92. The molecule has 0 radical (unpaired) electrons. The first-order chi connectivity index (χ1) is 15.1. The van der Waals surface area contributed by atoms with Crippen LogP contribution in [-0.2, 0) is 7.05 Å². The van der Waals surface area contributed by atoms with Gasteiger partial charge in [0.25, 0.3) is 5.82 Å². The number of para-hydroxylation sites is 3. The summed E-state index contributed by atoms with van der Waals surface area (Å²) in [5.74, 6) is 0.776. The lowest BCUT2D eigenvalue weighted by atomic mass is 10.0. The summed E-state index contributed by atoms with van der Waals surface area (Å²) in [4.78, 5) is 0. The van der Waals surface area contributed by atoms with Gasteiger partial charge in [-0.1, -0.05) is 30.3 Å². The fraction of sp³-hybridized carbons (Fsp3) is 0.0741. The van der Waals surface area contributed by atoms with Crippen molar-refractivity contribution in [3.05, 3.63) is 96.3 Å². The second-order valence-electron chi connectivity index (χ2n) is 7.95. The Balaban J connectivity index is 1.71. The van der Waals surface area contributed by atoms with Crippen LogP contribution in [0.2, 0.25) is 0 Å². The molecule has 6 aromatic rings. The molecule has 0 aliphatic heterocycles. The van der Waals surface area contributed by atoms with E-state index < -0.39 is 0 Å². The molecule has 0 unspecified atom stereocenters. The molecule has 4 aromatic carbocycles. The predicted molar refractivity (Wildman–Crippen MR) is 122 cm³/mol. The molecule has 4 heteroatoms. The molecule has 0 spiro atoms. The zero-order chi connectivity index (χ0) is 21.1. The third-order valence-corrected chi connectivity index (χ3v) is 6.05. The third-order valence-electron chi connectivity index (χ3n) is 6.05. The first-order valence-electron chi connectivity index (χ1n) is 10.3. The Kier molecular flexibility index (Phi) is 3.78. The number of hydrogen-bond acceptors (Lipinski definition) is 1. The van der Waals surface area contributed by atoms with E-state index in [4.69, 9.17) is 4.42 Å². The van der Waals surface area contributed by atoms with Gasteiger partial charge in [-0.2, -0.15) is 4.57 Å². The van der Waals surface area contributed by atoms with Crippen LogP contribution in [0.15, 0.2) is 89.3 Å². The Hall–Kier alpha value is -3.92. The molecule has 0 N–H and O–H groups in total. The fourth-order valence-corrected chi connectivity index (χ4v) is 4.60. The Morgan fingerprint density at radius 3 is 2.39 bits per heavy atom. The minimum Gasteiger partial charge on any atom is -0.456 e. The van der Waals surface area contributed by atoms with Crippen molar-refractivity contribution in [1.29, 1.82) is 0 Å². The number of fused-ring (bicyclic) bond motifs is 4. The van der Waals surface area contributed by atoms with Crippen molar-refractivity contribution in [1.82, 2.24) is 4.57 Å². The molecule has 150 valence electrons. The van der Waals surface area contributed by atoms with Gasteiger partial charge >= 0.3 is 0 Å². The number of benzene rings is 4. The number of furan rings is 1. The highest BCUT2D eigenvalue weighted by Gasteiger charge is 2.27. The zero-order valence-electron chi connectivity index (χ0n) is 17.3. The summed E-state index contributed by atoms with van der Waals surface area (Å²) < 4.78 is 24.3. The maximum Gasteiger partial charge on any atom is 0.295 e. The number of aromatic nitrogens is 2. The first-order valence-corrected chi connectivity index (χ1v) is 10.3. The van der Waals surface area contributed by atoms with Gasteiger partial charge in [0, 0.05) is 16.8 Å². The lowest BCUT2D eigenvalue weighted by molar-refractivity contribution is -0.633. The number of rotatable bonds is 2. The van der Waals surface area contributed by atoms with Crippen LogP contribution >= 0.6 is 0 Å². The van der Waals surface area contributed by atoms with E-state index in [-0.39, 0.29) is 5.82 Å². The highest BCUT2D eigenvalue weighted by Crippen LogP contribution is 2.36. The van der Waals surface area contributed by atoms with E-state index in [1.54, 1.807) is 6.07 Å². The summed E-state index contributed by atoms with van der Waals surface area (Å²) >= 11 is 0. The van der Waals surface area contributed by atoms with Gasteiger partial charge in [-0.3, -0.25) is 0 Å². The van der Waals surface area contributed by atoms with Gasteiger partial charge in [-0.15, -0.1) is 0 Å². The van der Waals surface area contributed by atoms with Crippen LogP contribution in [0.4, 0.5) is 4.39 Å². The number of hydrogen-bond donors (Lipinski definition) is 0. The number of nitrogens with zero attached hydrogens (tertiary/aromatic N) is 2. The van der Waals surface area contributed by atoms with Gasteiger partial charge in [0.15, 0.2) is 11.0 Å². The fourth-order valence-electron chi connectivity index (χ4n) is 4.60. The molecule has 0 bridgehead atoms. The Labute approximate surface area is 178 Å². The largest absolute Gasteiger partial charge is 0.456 e. The maximum absolute atomic E-state index is 13.7. The van der Waals surface area contributed by atoms with Crippen LogP contribution in [0.3, 0.4) is 0 Å². The van der Waals surface area contributed by atoms with Crippen LogP contribution in [0.1, 0.15) is 5.56 Å². The van der Waals surface area contributed by atoms with Crippen LogP contribution < -0.4 is 4.57 Å². The van der Waals surface area contributed by atoms with Crippen molar-refractivity contribution in [2.24, 2.45) is 7.05 Å². The van der Waals surface area contributed by atoms with Crippen LogP contribution in [-0.4, -0.2) is 4.57 Å². The van der Waals surface area contributed by atoms with Crippen molar-refractivity contribution in [3.8, 4) is 17.1 Å². The smallest absolute Gasteiger partial charge is 0.295 e. The van der Waals surface area contributed by atoms with E-state index in [1.165, 1.54) is 12.1 Å². The molecule has 2 aromatic heterocycles. The molecule has 2 heterocycles. The maximum atomic E-state index is 13.7. The van der Waals surface area contributed by atoms with E-state index >= 15 is 0 Å². The van der Waals surface area contributed by atoms with Crippen molar-refractivity contribution < 1.29 is 13.4 Å².